The Hall–Kier alpha value is -3.35. The summed E-state index contributed by atoms with van der Waals surface area (Å²) < 4.78 is 32.5. The number of Topliss-reactive ketones (excluding diaryl/α,β-unsaturated/α-hetero) is 1. The number of nitrogens with zero attached hydrogens (tertiary/aromatic N) is 3. The van der Waals surface area contributed by atoms with Gasteiger partial charge in [-0.2, -0.15) is 0 Å². The molecule has 3 fully saturated rings. The average Bonchev–Trinajstić information content (AvgIpc) is 3.14. The van der Waals surface area contributed by atoms with Crippen LogP contribution < -0.4 is 0 Å². The number of hydrogen-bond donors (Lipinski definition) is 2. The van der Waals surface area contributed by atoms with Crippen molar-refractivity contribution < 1.29 is 48.3 Å². The first-order chi connectivity index (χ1) is 25.8. The third-order valence-corrected chi connectivity index (χ3v) is 11.3. The molecule has 1 aromatic heterocycles. The fourth-order valence-corrected chi connectivity index (χ4v) is 8.32. The van der Waals surface area contributed by atoms with E-state index in [1.807, 2.05) is 52.8 Å². The highest BCUT2D eigenvalue weighted by Crippen LogP contribution is 2.40. The smallest absolute Gasteiger partial charge is 0.316 e. The molecule has 13 nitrogen and oxygen atoms in total. The minimum atomic E-state index is -1.80. The first-order valence-corrected chi connectivity index (χ1v) is 19.4. The van der Waals surface area contributed by atoms with Gasteiger partial charge >= 0.3 is 5.97 Å². The number of fused-ring (bicyclic) bond motifs is 5. The van der Waals surface area contributed by atoms with Gasteiger partial charge in [0.25, 0.3) is 0 Å². The zero-order valence-electron chi connectivity index (χ0n) is 34.3. The van der Waals surface area contributed by atoms with Crippen LogP contribution in [0.4, 0.5) is 0 Å². The molecule has 55 heavy (non-hydrogen) atoms. The number of amides is 1. The second-order valence-electron chi connectivity index (χ2n) is 16.2. The molecule has 1 aromatic rings. The molecule has 304 valence electrons. The number of ether oxygens (including phenoxy) is 5. The van der Waals surface area contributed by atoms with Crippen LogP contribution in [0.2, 0.25) is 0 Å². The summed E-state index contributed by atoms with van der Waals surface area (Å²) in [5.41, 5.74) is -1.38. The average molecular weight is 768 g/mol. The number of ketones is 1. The predicted octanol–water partition coefficient (Wildman–Crippen LogP) is 3.92. The molecule has 0 radical (unpaired) electrons. The number of allylic oxidation sites excluding steroid dienone is 1. The molecule has 0 spiro atoms. The quantitative estimate of drug-likeness (QED) is 0.258. The van der Waals surface area contributed by atoms with E-state index in [9.17, 15) is 24.6 Å². The molecule has 13 atom stereocenters. The number of hydrogen-bond acceptors (Lipinski definition) is 12. The third kappa shape index (κ3) is 10.5. The van der Waals surface area contributed by atoms with Crippen molar-refractivity contribution in [2.24, 2.45) is 28.7 Å². The van der Waals surface area contributed by atoms with Crippen molar-refractivity contribution in [3.05, 3.63) is 41.7 Å². The maximum Gasteiger partial charge on any atom is 0.316 e. The fourth-order valence-electron chi connectivity index (χ4n) is 8.32. The Morgan fingerprint density at radius 1 is 1.15 bits per heavy atom. The van der Waals surface area contributed by atoms with Crippen LogP contribution in [0.3, 0.4) is 0 Å². The van der Waals surface area contributed by atoms with E-state index in [1.165, 1.54) is 13.8 Å². The number of aromatic nitrogens is 1. The van der Waals surface area contributed by atoms with E-state index in [1.54, 1.807) is 45.3 Å². The van der Waals surface area contributed by atoms with Crippen LogP contribution in [-0.2, 0) is 38.1 Å². The Balaban J connectivity index is 1.98. The third-order valence-electron chi connectivity index (χ3n) is 11.3. The van der Waals surface area contributed by atoms with E-state index >= 15 is 0 Å². The van der Waals surface area contributed by atoms with Gasteiger partial charge in [0, 0.05) is 48.5 Å². The molecule has 0 aromatic carbocycles. The molecule has 4 heterocycles. The Labute approximate surface area is 326 Å². The summed E-state index contributed by atoms with van der Waals surface area (Å²) in [6.45, 7) is 15.2. The molecule has 5 unspecified atom stereocenters. The highest BCUT2D eigenvalue weighted by atomic mass is 16.7. The van der Waals surface area contributed by atoms with E-state index in [4.69, 9.17) is 23.7 Å². The van der Waals surface area contributed by atoms with Crippen molar-refractivity contribution in [1.82, 2.24) is 9.88 Å². The zero-order chi connectivity index (χ0) is 40.8. The number of aliphatic hydroxyl groups is 2. The van der Waals surface area contributed by atoms with E-state index < -0.39 is 83.2 Å². The van der Waals surface area contributed by atoms with E-state index in [0.717, 1.165) is 0 Å². The van der Waals surface area contributed by atoms with Crippen molar-refractivity contribution in [2.75, 3.05) is 27.3 Å². The number of aliphatic hydroxyl groups excluding tert-OH is 1. The van der Waals surface area contributed by atoms with Gasteiger partial charge in [-0.3, -0.25) is 19.4 Å². The summed E-state index contributed by atoms with van der Waals surface area (Å²) in [6, 6.07) is 3.33. The van der Waals surface area contributed by atoms with E-state index in [2.05, 4.69) is 21.8 Å². The van der Waals surface area contributed by atoms with Crippen LogP contribution in [0, 0.1) is 35.5 Å². The van der Waals surface area contributed by atoms with Gasteiger partial charge in [-0.1, -0.05) is 39.5 Å². The van der Waals surface area contributed by atoms with Gasteiger partial charge in [0.05, 0.1) is 37.1 Å². The Morgan fingerprint density at radius 3 is 2.47 bits per heavy atom. The number of likely N-dealkylation sites (N-methyl/N-ethyl adjacent to an activating group) is 1. The highest BCUT2D eigenvalue weighted by molar-refractivity contribution is 6.00. The molecule has 1 amide bonds. The summed E-state index contributed by atoms with van der Waals surface area (Å²) >= 11 is 0. The standard InChI is InChI=1S/C42H61N3O10/c1-12-33-42(9,50)38-26(4)34(44-29(7)46)24(2)20-41(8,52-23-31(22-51-38)16-13-15-30-17-14-18-43-21-30)37(27(5)35(47)28(6)39(49)54-33)55-40-36(48)32(45(10)11)19-25(3)53-40/h14,16-18,21,24-28,32-33,36-38,40,48,50H,12,19-20,22-23H2,1-11H3/b31-16-,44-34?/t24?,25-,26?,27+,28-,32+,33-,36?,37?,38?,40+,41-,42-/m1/s1. The Kier molecular flexibility index (Phi) is 15.1. The number of esters is 1. The number of aliphatic imine (C=N–C) groups is 1. The first kappa shape index (κ1) is 44.4. The summed E-state index contributed by atoms with van der Waals surface area (Å²) in [5, 5.41) is 24.0. The van der Waals surface area contributed by atoms with Gasteiger partial charge in [-0.05, 0) is 90.8 Å². The minimum Gasteiger partial charge on any atom is -0.459 e. The van der Waals surface area contributed by atoms with Crippen molar-refractivity contribution >= 4 is 23.4 Å². The van der Waals surface area contributed by atoms with Crippen molar-refractivity contribution in [3.63, 3.8) is 0 Å². The minimum absolute atomic E-state index is 0.0267. The Morgan fingerprint density at radius 2 is 1.85 bits per heavy atom. The summed E-state index contributed by atoms with van der Waals surface area (Å²) in [5.74, 6) is 1.05. The number of cyclic esters (lactones) is 1. The predicted molar refractivity (Wildman–Crippen MR) is 206 cm³/mol. The van der Waals surface area contributed by atoms with Crippen molar-refractivity contribution in [2.45, 2.75) is 136 Å². The number of carbonyl (C=O) groups is 3. The van der Waals surface area contributed by atoms with Crippen LogP contribution in [-0.4, -0.2) is 125 Å². The Bertz CT molecular complexity index is 1630. The molecule has 13 heteroatoms. The lowest BCUT2D eigenvalue weighted by Crippen LogP contribution is -2.60. The normalized spacial score (nSPS) is 39.7. The van der Waals surface area contributed by atoms with Crippen LogP contribution >= 0.6 is 0 Å². The van der Waals surface area contributed by atoms with Gasteiger partial charge in [-0.25, -0.2) is 4.99 Å². The molecule has 2 N–H and O–H groups in total. The van der Waals surface area contributed by atoms with Gasteiger partial charge in [-0.15, -0.1) is 0 Å². The second-order valence-corrected chi connectivity index (χ2v) is 16.2. The molecular weight excluding hydrogens is 706 g/mol. The van der Waals surface area contributed by atoms with E-state index in [0.29, 0.717) is 23.3 Å². The van der Waals surface area contributed by atoms with Crippen LogP contribution in [0.5, 0.6) is 0 Å². The molecular formula is C42H61N3O10. The van der Waals surface area contributed by atoms with Gasteiger partial charge in [0.15, 0.2) is 12.1 Å². The summed E-state index contributed by atoms with van der Waals surface area (Å²) in [6.07, 6.45) is 0.200. The molecule has 3 aliphatic rings. The molecule has 3 aliphatic heterocycles. The van der Waals surface area contributed by atoms with E-state index in [-0.39, 0.29) is 38.2 Å². The molecule has 3 saturated heterocycles. The van der Waals surface area contributed by atoms with Gasteiger partial charge in [0.2, 0.25) is 5.91 Å². The maximum atomic E-state index is 14.4. The van der Waals surface area contributed by atoms with Crippen LogP contribution in [0.1, 0.15) is 87.1 Å². The monoisotopic (exact) mass is 767 g/mol. The summed E-state index contributed by atoms with van der Waals surface area (Å²) in [7, 11) is 3.75. The maximum absolute atomic E-state index is 14.4. The van der Waals surface area contributed by atoms with Gasteiger partial charge < -0.3 is 38.8 Å². The lowest BCUT2D eigenvalue weighted by molar-refractivity contribution is -0.296. The number of rotatable bonds is 4. The van der Waals surface area contributed by atoms with Crippen LogP contribution in [0.25, 0.3) is 0 Å². The molecule has 0 saturated carbocycles. The van der Waals surface area contributed by atoms with Gasteiger partial charge in [0.1, 0.15) is 23.7 Å². The first-order valence-electron chi connectivity index (χ1n) is 19.4. The lowest BCUT2D eigenvalue weighted by atomic mass is 9.73. The molecule has 0 aliphatic carbocycles. The largest absolute Gasteiger partial charge is 0.459 e. The van der Waals surface area contributed by atoms with Crippen molar-refractivity contribution in [3.8, 4) is 11.8 Å². The number of carbonyl (C=O) groups excluding carboxylic acids is 3. The topological polar surface area (TPSA) is 166 Å². The molecule has 2 bridgehead atoms. The number of pyridine rings is 1. The zero-order valence-corrected chi connectivity index (χ0v) is 34.3. The van der Waals surface area contributed by atoms with Crippen molar-refractivity contribution in [1.29, 1.82) is 0 Å². The second kappa shape index (κ2) is 18.7. The van der Waals surface area contributed by atoms with Crippen LogP contribution in [0.15, 0.2) is 41.2 Å². The molecule has 4 rings (SSSR count). The lowest BCUT2D eigenvalue weighted by Gasteiger charge is -2.47. The highest BCUT2D eigenvalue weighted by Gasteiger charge is 2.53. The SMILES string of the molecule is CC[C@H]1OC(=O)[C@H](C)C(=O)[C@H](C)C(O[C@@H]2O[C@H](C)C[C@H](N(C)C)C2O)[C@@]2(C)CC(C)C(=NC(C)=O)C(C)C(OC/C(=C/C#Cc3cccnc3)CO2)[C@]1(C)O. The fraction of sp³-hybridized carbons (Fsp3) is 0.690. The summed E-state index contributed by atoms with van der Waals surface area (Å²) in [4.78, 5) is 51.6.